The maximum absolute atomic E-state index is 12.5. The number of para-hydroxylation sites is 1. The number of rotatable bonds is 6. The monoisotopic (exact) mass is 471 g/mol. The topological polar surface area (TPSA) is 65.0 Å². The van der Waals surface area contributed by atoms with Crippen molar-refractivity contribution >= 4 is 11.6 Å². The normalized spacial score (nSPS) is 21.1. The van der Waals surface area contributed by atoms with Gasteiger partial charge in [0, 0.05) is 49.4 Å². The average Bonchev–Trinajstić information content (AvgIpc) is 3.31. The SMILES string of the molecule is COc1ccccc1CN1CC[C@@H]2[C@H]1c1cc(-c3cccc(C(=O)N(C)C)c3)ccc1N[C@@H]2CO. The average molecular weight is 472 g/mol. The quantitative estimate of drug-likeness (QED) is 0.558. The third-order valence-electron chi connectivity index (χ3n) is 7.39. The van der Waals surface area contributed by atoms with Crippen LogP contribution >= 0.6 is 0 Å². The predicted molar refractivity (Wildman–Crippen MR) is 139 cm³/mol. The second kappa shape index (κ2) is 9.72. The molecule has 0 aromatic heterocycles. The Morgan fingerprint density at radius 2 is 1.89 bits per heavy atom. The van der Waals surface area contributed by atoms with Gasteiger partial charge in [0.05, 0.1) is 19.8 Å². The van der Waals surface area contributed by atoms with Gasteiger partial charge in [0.15, 0.2) is 0 Å². The van der Waals surface area contributed by atoms with E-state index in [0.29, 0.717) is 11.5 Å². The van der Waals surface area contributed by atoms with Crippen LogP contribution in [-0.2, 0) is 6.54 Å². The van der Waals surface area contributed by atoms with Gasteiger partial charge in [-0.3, -0.25) is 9.69 Å². The highest BCUT2D eigenvalue weighted by Gasteiger charge is 2.44. The lowest BCUT2D eigenvalue weighted by molar-refractivity contribution is 0.0827. The minimum atomic E-state index is -0.00361. The number of carbonyl (C=O) groups excluding carboxylic acids is 1. The Bertz CT molecular complexity index is 1230. The molecule has 0 unspecified atom stereocenters. The Labute approximate surface area is 207 Å². The van der Waals surface area contributed by atoms with E-state index in [0.717, 1.165) is 42.1 Å². The second-order valence-corrected chi connectivity index (χ2v) is 9.70. The van der Waals surface area contributed by atoms with Crippen molar-refractivity contribution in [3.05, 3.63) is 83.4 Å². The highest BCUT2D eigenvalue weighted by atomic mass is 16.5. The summed E-state index contributed by atoms with van der Waals surface area (Å²) in [7, 11) is 5.26. The van der Waals surface area contributed by atoms with Gasteiger partial charge in [-0.2, -0.15) is 0 Å². The summed E-state index contributed by atoms with van der Waals surface area (Å²) >= 11 is 0. The number of nitrogens with one attached hydrogen (secondary N) is 1. The highest BCUT2D eigenvalue weighted by Crippen LogP contribution is 2.48. The smallest absolute Gasteiger partial charge is 0.253 e. The van der Waals surface area contributed by atoms with Crippen molar-refractivity contribution in [2.45, 2.75) is 25.0 Å². The summed E-state index contributed by atoms with van der Waals surface area (Å²) in [5.41, 5.74) is 6.28. The zero-order valence-corrected chi connectivity index (χ0v) is 20.6. The van der Waals surface area contributed by atoms with Crippen LogP contribution < -0.4 is 10.1 Å². The van der Waals surface area contributed by atoms with Crippen LogP contribution in [0.4, 0.5) is 5.69 Å². The number of methoxy groups -OCH3 is 1. The van der Waals surface area contributed by atoms with Crippen LogP contribution in [-0.4, -0.2) is 61.2 Å². The molecule has 1 saturated heterocycles. The maximum Gasteiger partial charge on any atom is 0.253 e. The molecule has 6 heteroatoms. The largest absolute Gasteiger partial charge is 0.496 e. The molecule has 2 heterocycles. The van der Waals surface area contributed by atoms with Crippen LogP contribution in [0.5, 0.6) is 5.75 Å². The van der Waals surface area contributed by atoms with Crippen molar-refractivity contribution < 1.29 is 14.6 Å². The van der Waals surface area contributed by atoms with E-state index >= 15 is 0 Å². The number of anilines is 1. The molecule has 6 nitrogen and oxygen atoms in total. The summed E-state index contributed by atoms with van der Waals surface area (Å²) < 4.78 is 5.62. The van der Waals surface area contributed by atoms with Crippen molar-refractivity contribution in [2.24, 2.45) is 5.92 Å². The van der Waals surface area contributed by atoms with E-state index in [2.05, 4.69) is 46.6 Å². The van der Waals surface area contributed by atoms with Crippen molar-refractivity contribution in [3.63, 3.8) is 0 Å². The molecule has 2 N–H and O–H groups in total. The van der Waals surface area contributed by atoms with Gasteiger partial charge in [0.2, 0.25) is 0 Å². The van der Waals surface area contributed by atoms with Crippen LogP contribution in [0.1, 0.15) is 33.9 Å². The summed E-state index contributed by atoms with van der Waals surface area (Å²) in [6.45, 7) is 1.86. The predicted octanol–water partition coefficient (Wildman–Crippen LogP) is 4.41. The first-order chi connectivity index (χ1) is 17.0. The number of hydrogen-bond donors (Lipinski definition) is 2. The lowest BCUT2D eigenvalue weighted by Gasteiger charge is -2.39. The lowest BCUT2D eigenvalue weighted by atomic mass is 9.82. The molecule has 0 aliphatic carbocycles. The summed E-state index contributed by atoms with van der Waals surface area (Å²) in [5, 5.41) is 13.7. The number of nitrogens with zero attached hydrogens (tertiary/aromatic N) is 2. The van der Waals surface area contributed by atoms with Gasteiger partial charge in [-0.25, -0.2) is 0 Å². The van der Waals surface area contributed by atoms with E-state index in [1.807, 2.05) is 30.3 Å². The van der Waals surface area contributed by atoms with Gasteiger partial charge in [-0.05, 0) is 60.0 Å². The van der Waals surface area contributed by atoms with Crippen LogP contribution in [0, 0.1) is 5.92 Å². The first-order valence-electron chi connectivity index (χ1n) is 12.2. The summed E-state index contributed by atoms with van der Waals surface area (Å²) in [5.74, 6) is 1.22. The number of ether oxygens (including phenoxy) is 1. The molecule has 0 radical (unpaired) electrons. The van der Waals surface area contributed by atoms with Crippen molar-refractivity contribution in [2.75, 3.05) is 39.7 Å². The van der Waals surface area contributed by atoms with Crippen LogP contribution in [0.25, 0.3) is 11.1 Å². The second-order valence-electron chi connectivity index (χ2n) is 9.70. The molecule has 2 aliphatic heterocycles. The molecule has 3 aromatic carbocycles. The molecule has 0 spiro atoms. The Hall–Kier alpha value is -3.35. The minimum Gasteiger partial charge on any atom is -0.496 e. The number of aliphatic hydroxyl groups is 1. The molecule has 0 saturated carbocycles. The van der Waals surface area contributed by atoms with Crippen LogP contribution in [0.15, 0.2) is 66.7 Å². The molecular formula is C29H33N3O3. The molecule has 1 fully saturated rings. The van der Waals surface area contributed by atoms with Crippen LogP contribution in [0.2, 0.25) is 0 Å². The van der Waals surface area contributed by atoms with Crippen molar-refractivity contribution in [1.82, 2.24) is 9.80 Å². The molecule has 1 amide bonds. The van der Waals surface area contributed by atoms with E-state index in [9.17, 15) is 9.90 Å². The van der Waals surface area contributed by atoms with Crippen molar-refractivity contribution in [3.8, 4) is 16.9 Å². The molecule has 3 aromatic rings. The zero-order chi connectivity index (χ0) is 24.5. The van der Waals surface area contributed by atoms with Gasteiger partial charge >= 0.3 is 0 Å². The molecule has 5 rings (SSSR count). The lowest BCUT2D eigenvalue weighted by Crippen LogP contribution is -2.41. The Morgan fingerprint density at radius 1 is 1.09 bits per heavy atom. The standard InChI is InChI=1S/C29H33N3O3/c1-31(2)29(34)21-9-6-8-19(15-21)20-11-12-25-24(16-20)28-23(26(18-33)30-25)13-14-32(28)17-22-7-4-5-10-27(22)35-3/h4-12,15-16,23,26,28,30,33H,13-14,17-18H2,1-3H3/t23-,26+,28-/m0/s1. The van der Waals surface area contributed by atoms with Gasteiger partial charge < -0.3 is 20.1 Å². The first kappa shape index (κ1) is 23.4. The Morgan fingerprint density at radius 3 is 2.66 bits per heavy atom. The fraction of sp³-hybridized carbons (Fsp3) is 0.345. The Kier molecular flexibility index (Phi) is 6.50. The molecule has 35 heavy (non-hydrogen) atoms. The third kappa shape index (κ3) is 4.40. The molecule has 0 bridgehead atoms. The highest BCUT2D eigenvalue weighted by molar-refractivity contribution is 5.95. The first-order valence-corrected chi connectivity index (χ1v) is 12.2. The molecular weight excluding hydrogens is 438 g/mol. The number of hydrogen-bond acceptors (Lipinski definition) is 5. The third-order valence-corrected chi connectivity index (χ3v) is 7.39. The van der Waals surface area contributed by atoms with E-state index in [1.54, 1.807) is 26.1 Å². The zero-order valence-electron chi connectivity index (χ0n) is 20.6. The summed E-state index contributed by atoms with van der Waals surface area (Å²) in [4.78, 5) is 16.6. The number of amides is 1. The Balaban J connectivity index is 1.52. The fourth-order valence-electron chi connectivity index (χ4n) is 5.66. The van der Waals surface area contributed by atoms with Gasteiger partial charge in [0.25, 0.3) is 5.91 Å². The van der Waals surface area contributed by atoms with E-state index in [1.165, 1.54) is 11.1 Å². The minimum absolute atomic E-state index is 0.00361. The van der Waals surface area contributed by atoms with Crippen LogP contribution in [0.3, 0.4) is 0 Å². The van der Waals surface area contributed by atoms with Gasteiger partial charge in [-0.1, -0.05) is 36.4 Å². The van der Waals surface area contributed by atoms with Gasteiger partial charge in [0.1, 0.15) is 5.75 Å². The molecule has 2 aliphatic rings. The molecule has 3 atom stereocenters. The summed E-state index contributed by atoms with van der Waals surface area (Å²) in [6.07, 6.45) is 1.02. The van der Waals surface area contributed by atoms with E-state index < -0.39 is 0 Å². The number of fused-ring (bicyclic) bond motifs is 3. The summed E-state index contributed by atoms with van der Waals surface area (Å²) in [6, 6.07) is 22.7. The van der Waals surface area contributed by atoms with E-state index in [4.69, 9.17) is 4.74 Å². The van der Waals surface area contributed by atoms with Crippen molar-refractivity contribution in [1.29, 1.82) is 0 Å². The number of likely N-dealkylation sites (tertiary alicyclic amines) is 1. The maximum atomic E-state index is 12.5. The molecule has 182 valence electrons. The number of aliphatic hydroxyl groups excluding tert-OH is 1. The number of carbonyl (C=O) groups is 1. The van der Waals surface area contributed by atoms with E-state index in [-0.39, 0.29) is 24.6 Å². The number of benzene rings is 3. The fourth-order valence-corrected chi connectivity index (χ4v) is 5.66. The van der Waals surface area contributed by atoms with Gasteiger partial charge in [-0.15, -0.1) is 0 Å².